The lowest BCUT2D eigenvalue weighted by Gasteiger charge is -2.18. The SMILES string of the molecule is CN(CCCCCO)c1ncnc(NN)c1[N+](=O)[O-]. The lowest BCUT2D eigenvalue weighted by Crippen LogP contribution is -2.22. The summed E-state index contributed by atoms with van der Waals surface area (Å²) in [5, 5.41) is 19.7. The molecule has 1 rings (SSSR count). The van der Waals surface area contributed by atoms with Gasteiger partial charge in [-0.25, -0.2) is 15.8 Å². The third-order valence-corrected chi connectivity index (χ3v) is 2.64. The summed E-state index contributed by atoms with van der Waals surface area (Å²) in [6, 6.07) is 0. The molecule has 0 aliphatic carbocycles. The van der Waals surface area contributed by atoms with Gasteiger partial charge in [-0.3, -0.25) is 10.1 Å². The molecule has 0 aliphatic heterocycles. The molecular formula is C10H18N6O3. The predicted molar refractivity (Wildman–Crippen MR) is 70.7 cm³/mol. The molecule has 0 atom stereocenters. The molecule has 0 bridgehead atoms. The van der Waals surface area contributed by atoms with Gasteiger partial charge < -0.3 is 15.4 Å². The Kier molecular flexibility index (Phi) is 5.90. The fourth-order valence-corrected chi connectivity index (χ4v) is 1.67. The molecule has 0 fully saturated rings. The number of nitrogens with one attached hydrogen (secondary N) is 1. The van der Waals surface area contributed by atoms with Gasteiger partial charge in [0, 0.05) is 20.2 Å². The van der Waals surface area contributed by atoms with Gasteiger partial charge in [0.15, 0.2) is 0 Å². The number of aliphatic hydroxyl groups excluding tert-OH is 1. The van der Waals surface area contributed by atoms with Crippen LogP contribution in [-0.4, -0.2) is 40.2 Å². The second kappa shape index (κ2) is 7.44. The zero-order chi connectivity index (χ0) is 14.3. The monoisotopic (exact) mass is 270 g/mol. The van der Waals surface area contributed by atoms with E-state index >= 15 is 0 Å². The highest BCUT2D eigenvalue weighted by atomic mass is 16.6. The number of hydrogen-bond acceptors (Lipinski definition) is 8. The summed E-state index contributed by atoms with van der Waals surface area (Å²) in [5.74, 6) is 5.41. The first-order chi connectivity index (χ1) is 9.11. The second-order valence-corrected chi connectivity index (χ2v) is 4.00. The van der Waals surface area contributed by atoms with Gasteiger partial charge in [-0.2, -0.15) is 0 Å². The quantitative estimate of drug-likeness (QED) is 0.265. The van der Waals surface area contributed by atoms with Crippen LogP contribution in [-0.2, 0) is 0 Å². The number of nitrogen functional groups attached to an aromatic ring is 1. The third-order valence-electron chi connectivity index (χ3n) is 2.64. The van der Waals surface area contributed by atoms with Gasteiger partial charge in [0.2, 0.25) is 11.6 Å². The molecule has 0 saturated carbocycles. The van der Waals surface area contributed by atoms with Gasteiger partial charge in [0.1, 0.15) is 6.33 Å². The van der Waals surface area contributed by atoms with Crippen molar-refractivity contribution in [1.82, 2.24) is 9.97 Å². The molecule has 1 aromatic heterocycles. The first kappa shape index (κ1) is 15.1. The summed E-state index contributed by atoms with van der Waals surface area (Å²) in [4.78, 5) is 19.8. The summed E-state index contributed by atoms with van der Waals surface area (Å²) in [6.45, 7) is 0.750. The summed E-state index contributed by atoms with van der Waals surface area (Å²) < 4.78 is 0. The van der Waals surface area contributed by atoms with E-state index in [9.17, 15) is 10.1 Å². The van der Waals surface area contributed by atoms with Crippen LogP contribution in [0.2, 0.25) is 0 Å². The van der Waals surface area contributed by atoms with Crippen LogP contribution in [0.1, 0.15) is 19.3 Å². The lowest BCUT2D eigenvalue weighted by atomic mass is 10.2. The molecule has 9 heteroatoms. The van der Waals surface area contributed by atoms with E-state index in [0.717, 1.165) is 19.3 Å². The van der Waals surface area contributed by atoms with E-state index < -0.39 is 4.92 Å². The molecule has 0 aliphatic rings. The highest BCUT2D eigenvalue weighted by Gasteiger charge is 2.24. The third kappa shape index (κ3) is 4.00. The minimum atomic E-state index is -0.561. The van der Waals surface area contributed by atoms with Crippen molar-refractivity contribution in [2.45, 2.75) is 19.3 Å². The van der Waals surface area contributed by atoms with Crippen LogP contribution >= 0.6 is 0 Å². The maximum Gasteiger partial charge on any atom is 0.354 e. The summed E-state index contributed by atoms with van der Waals surface area (Å²) in [7, 11) is 1.72. The van der Waals surface area contributed by atoms with Crippen LogP contribution in [0, 0.1) is 10.1 Å². The molecule has 0 radical (unpaired) electrons. The highest BCUT2D eigenvalue weighted by Crippen LogP contribution is 2.30. The average molecular weight is 270 g/mol. The molecule has 0 aromatic carbocycles. The van der Waals surface area contributed by atoms with Crippen LogP contribution in [0.4, 0.5) is 17.3 Å². The van der Waals surface area contributed by atoms with Crippen LogP contribution in [0.25, 0.3) is 0 Å². The van der Waals surface area contributed by atoms with Gasteiger partial charge in [0.25, 0.3) is 0 Å². The van der Waals surface area contributed by atoms with Crippen LogP contribution in [0.5, 0.6) is 0 Å². The highest BCUT2D eigenvalue weighted by molar-refractivity contribution is 5.69. The molecule has 0 amide bonds. The number of unbranched alkanes of at least 4 members (excludes halogenated alkanes) is 2. The largest absolute Gasteiger partial charge is 0.396 e. The molecule has 4 N–H and O–H groups in total. The second-order valence-electron chi connectivity index (χ2n) is 4.00. The number of aliphatic hydroxyl groups is 1. The zero-order valence-electron chi connectivity index (χ0n) is 10.7. The number of nitrogens with two attached hydrogens (primary N) is 1. The molecule has 0 unspecified atom stereocenters. The fraction of sp³-hybridized carbons (Fsp3) is 0.600. The standard InChI is InChI=1S/C10H18N6O3/c1-15(5-3-2-4-6-17)10-8(16(18)19)9(14-11)12-7-13-10/h7,17H,2-6,11H2,1H3,(H,12,13,14). The molecular weight excluding hydrogens is 252 g/mol. The van der Waals surface area contributed by atoms with E-state index in [1.54, 1.807) is 11.9 Å². The average Bonchev–Trinajstić information content (AvgIpc) is 2.42. The normalized spacial score (nSPS) is 10.3. The summed E-state index contributed by atoms with van der Waals surface area (Å²) in [5.41, 5.74) is 1.96. The van der Waals surface area contributed by atoms with Crippen LogP contribution < -0.4 is 16.2 Å². The van der Waals surface area contributed by atoms with Gasteiger partial charge in [-0.15, -0.1) is 0 Å². The van der Waals surface area contributed by atoms with Crippen molar-refractivity contribution < 1.29 is 10.0 Å². The van der Waals surface area contributed by atoms with E-state index in [0.29, 0.717) is 6.54 Å². The van der Waals surface area contributed by atoms with Gasteiger partial charge in [0.05, 0.1) is 4.92 Å². The smallest absolute Gasteiger partial charge is 0.354 e. The van der Waals surface area contributed by atoms with Crippen molar-refractivity contribution in [2.75, 3.05) is 30.5 Å². The van der Waals surface area contributed by atoms with Crippen molar-refractivity contribution in [3.05, 3.63) is 16.4 Å². The number of hydrazine groups is 1. The van der Waals surface area contributed by atoms with Crippen molar-refractivity contribution in [2.24, 2.45) is 5.84 Å². The maximum absolute atomic E-state index is 11.1. The van der Waals surface area contributed by atoms with E-state index in [1.165, 1.54) is 6.33 Å². The Hall–Kier alpha value is -2.00. The zero-order valence-corrected chi connectivity index (χ0v) is 10.7. The molecule has 1 heterocycles. The van der Waals surface area contributed by atoms with E-state index in [4.69, 9.17) is 10.9 Å². The minimum absolute atomic E-state index is 0.0165. The topological polar surface area (TPSA) is 130 Å². The Labute approximate surface area is 110 Å². The molecule has 19 heavy (non-hydrogen) atoms. The van der Waals surface area contributed by atoms with E-state index in [2.05, 4.69) is 15.4 Å². The number of hydrogen-bond donors (Lipinski definition) is 3. The van der Waals surface area contributed by atoms with Gasteiger partial charge >= 0.3 is 5.69 Å². The lowest BCUT2D eigenvalue weighted by molar-refractivity contribution is -0.383. The van der Waals surface area contributed by atoms with Crippen molar-refractivity contribution >= 4 is 17.3 Å². The Balaban J connectivity index is 2.83. The van der Waals surface area contributed by atoms with Crippen molar-refractivity contribution in [3.63, 3.8) is 0 Å². The summed E-state index contributed by atoms with van der Waals surface area (Å²) in [6.07, 6.45) is 3.60. The molecule has 9 nitrogen and oxygen atoms in total. The summed E-state index contributed by atoms with van der Waals surface area (Å²) >= 11 is 0. The van der Waals surface area contributed by atoms with Gasteiger partial charge in [-0.05, 0) is 19.3 Å². The van der Waals surface area contributed by atoms with Crippen LogP contribution in [0.15, 0.2) is 6.33 Å². The van der Waals surface area contributed by atoms with Crippen molar-refractivity contribution in [3.8, 4) is 0 Å². The molecule has 106 valence electrons. The van der Waals surface area contributed by atoms with E-state index in [-0.39, 0.29) is 23.9 Å². The number of nitrogens with zero attached hydrogens (tertiary/aromatic N) is 4. The Morgan fingerprint density at radius 2 is 2.21 bits per heavy atom. The number of nitro groups is 1. The fourth-order valence-electron chi connectivity index (χ4n) is 1.67. The Morgan fingerprint density at radius 1 is 1.47 bits per heavy atom. The first-order valence-electron chi connectivity index (χ1n) is 5.89. The van der Waals surface area contributed by atoms with Crippen molar-refractivity contribution in [1.29, 1.82) is 0 Å². The minimum Gasteiger partial charge on any atom is -0.396 e. The molecule has 0 saturated heterocycles. The number of anilines is 2. The van der Waals surface area contributed by atoms with E-state index in [1.807, 2.05) is 0 Å². The Bertz CT molecular complexity index is 428. The number of aromatic nitrogens is 2. The van der Waals surface area contributed by atoms with Crippen LogP contribution in [0.3, 0.4) is 0 Å². The number of rotatable bonds is 8. The first-order valence-corrected chi connectivity index (χ1v) is 5.89. The molecule has 1 aromatic rings. The maximum atomic E-state index is 11.1. The Morgan fingerprint density at radius 3 is 2.79 bits per heavy atom. The van der Waals surface area contributed by atoms with Gasteiger partial charge in [-0.1, -0.05) is 0 Å². The predicted octanol–water partition coefficient (Wildman–Crippen LogP) is 0.269. The molecule has 0 spiro atoms.